The first-order valence-electron chi connectivity index (χ1n) is 11.0. The van der Waals surface area contributed by atoms with Crippen LogP contribution in [-0.2, 0) is 14.3 Å². The van der Waals surface area contributed by atoms with Gasteiger partial charge < -0.3 is 4.74 Å². The lowest BCUT2D eigenvalue weighted by Crippen LogP contribution is -2.45. The van der Waals surface area contributed by atoms with Crippen molar-refractivity contribution in [1.29, 1.82) is 0 Å². The average molecular weight is 473 g/mol. The number of rotatable bonds is 4. The summed E-state index contributed by atoms with van der Waals surface area (Å²) in [6.45, 7) is 3.82. The van der Waals surface area contributed by atoms with Gasteiger partial charge in [0.05, 0.1) is 29.8 Å². The monoisotopic (exact) mass is 472 g/mol. The minimum atomic E-state index is -0.686. The molecular formula is C26H24N4O3S. The quantitative estimate of drug-likeness (QED) is 0.516. The number of aryl methyl sites for hydroxylation is 1. The first-order valence-corrected chi connectivity index (χ1v) is 12.0. The predicted octanol–water partition coefficient (Wildman–Crippen LogP) is 4.67. The number of allylic oxidation sites excluding steroid dienone is 1. The number of para-hydroxylation sites is 1. The van der Waals surface area contributed by atoms with Gasteiger partial charge in [0, 0.05) is 29.5 Å². The molecule has 0 unspecified atom stereocenters. The molecule has 34 heavy (non-hydrogen) atoms. The summed E-state index contributed by atoms with van der Waals surface area (Å²) in [6, 6.07) is 17.2. The highest BCUT2D eigenvalue weighted by Crippen LogP contribution is 2.43. The summed E-state index contributed by atoms with van der Waals surface area (Å²) in [7, 11) is 1.35. The van der Waals surface area contributed by atoms with E-state index < -0.39 is 12.0 Å². The number of amides is 1. The molecule has 3 aromatic rings. The molecule has 0 bridgehead atoms. The van der Waals surface area contributed by atoms with Crippen molar-refractivity contribution in [2.75, 3.05) is 12.9 Å². The zero-order valence-corrected chi connectivity index (χ0v) is 20.0. The number of carbonyl (C=O) groups excluding carboxylic acids is 2. The SMILES string of the molecule is COC(=O)C1=C(C)N=C2SCCC(=O)N2[C@@H]1c1cn(-c2ccccc2)nc1-c1ccc(C)cc1. The molecule has 2 aromatic carbocycles. The lowest BCUT2D eigenvalue weighted by molar-refractivity contribution is -0.137. The van der Waals surface area contributed by atoms with E-state index in [0.717, 1.165) is 22.4 Å². The van der Waals surface area contributed by atoms with E-state index in [2.05, 4.69) is 4.99 Å². The second-order valence-electron chi connectivity index (χ2n) is 8.23. The molecule has 1 fully saturated rings. The molecule has 2 aliphatic heterocycles. The topological polar surface area (TPSA) is 76.8 Å². The number of amidine groups is 1. The first-order chi connectivity index (χ1) is 16.5. The van der Waals surface area contributed by atoms with Crippen molar-refractivity contribution in [3.05, 3.63) is 83.2 Å². The van der Waals surface area contributed by atoms with Crippen LogP contribution in [-0.4, -0.2) is 44.6 Å². The number of fused-ring (bicyclic) bond motifs is 1. The highest BCUT2D eigenvalue weighted by Gasteiger charge is 2.43. The number of thioether (sulfide) groups is 1. The van der Waals surface area contributed by atoms with Gasteiger partial charge in [-0.25, -0.2) is 14.5 Å². The fraction of sp³-hybridized carbons (Fsp3) is 0.231. The van der Waals surface area contributed by atoms with Gasteiger partial charge in [-0.05, 0) is 26.0 Å². The van der Waals surface area contributed by atoms with E-state index in [-0.39, 0.29) is 5.91 Å². The van der Waals surface area contributed by atoms with Crippen molar-refractivity contribution in [1.82, 2.24) is 14.7 Å². The summed E-state index contributed by atoms with van der Waals surface area (Å²) in [4.78, 5) is 32.4. The minimum absolute atomic E-state index is 0.0706. The van der Waals surface area contributed by atoms with Gasteiger partial charge in [0.15, 0.2) is 5.17 Å². The van der Waals surface area contributed by atoms with Crippen LogP contribution >= 0.6 is 11.8 Å². The molecular weight excluding hydrogens is 448 g/mol. The Balaban J connectivity index is 1.76. The Morgan fingerprint density at radius 1 is 1.09 bits per heavy atom. The maximum Gasteiger partial charge on any atom is 0.338 e. The average Bonchev–Trinajstić information content (AvgIpc) is 3.29. The van der Waals surface area contributed by atoms with E-state index in [1.54, 1.807) is 16.5 Å². The number of aromatic nitrogens is 2. The Morgan fingerprint density at radius 2 is 1.82 bits per heavy atom. The number of benzene rings is 2. The van der Waals surface area contributed by atoms with Crippen molar-refractivity contribution in [3.63, 3.8) is 0 Å². The number of aliphatic imine (C=N–C) groups is 1. The van der Waals surface area contributed by atoms with Crippen molar-refractivity contribution in [2.45, 2.75) is 26.3 Å². The van der Waals surface area contributed by atoms with Gasteiger partial charge in [-0.3, -0.25) is 9.69 Å². The number of carbonyl (C=O) groups is 2. The normalized spacial score (nSPS) is 18.0. The van der Waals surface area contributed by atoms with Crippen molar-refractivity contribution < 1.29 is 14.3 Å². The number of esters is 1. The molecule has 0 N–H and O–H groups in total. The van der Waals surface area contributed by atoms with Crippen LogP contribution in [0.1, 0.15) is 30.5 Å². The molecule has 1 aromatic heterocycles. The summed E-state index contributed by atoms with van der Waals surface area (Å²) >= 11 is 1.52. The maximum atomic E-state index is 13.2. The van der Waals surface area contributed by atoms with Crippen LogP contribution in [0.4, 0.5) is 0 Å². The lowest BCUT2D eigenvalue weighted by atomic mass is 9.92. The number of hydrogen-bond donors (Lipinski definition) is 0. The number of nitrogens with zero attached hydrogens (tertiary/aromatic N) is 4. The Labute approximate surface area is 202 Å². The molecule has 1 saturated heterocycles. The van der Waals surface area contributed by atoms with Crippen LogP contribution in [0.25, 0.3) is 16.9 Å². The van der Waals surface area contributed by atoms with Gasteiger partial charge in [0.2, 0.25) is 5.91 Å². The molecule has 0 radical (unpaired) electrons. The zero-order chi connectivity index (χ0) is 23.8. The van der Waals surface area contributed by atoms with Crippen LogP contribution in [0.2, 0.25) is 0 Å². The van der Waals surface area contributed by atoms with Crippen LogP contribution in [0, 0.1) is 6.92 Å². The third kappa shape index (κ3) is 3.84. The molecule has 1 atom stereocenters. The molecule has 172 valence electrons. The van der Waals surface area contributed by atoms with Crippen molar-refractivity contribution >= 4 is 28.8 Å². The molecule has 7 nitrogen and oxygen atoms in total. The van der Waals surface area contributed by atoms with E-state index in [4.69, 9.17) is 9.84 Å². The molecule has 2 aliphatic rings. The number of ether oxygens (including phenoxy) is 1. The van der Waals surface area contributed by atoms with Crippen LogP contribution in [0.5, 0.6) is 0 Å². The molecule has 8 heteroatoms. The Kier molecular flexibility index (Phi) is 5.83. The highest BCUT2D eigenvalue weighted by atomic mass is 32.2. The molecule has 5 rings (SSSR count). The van der Waals surface area contributed by atoms with E-state index in [0.29, 0.717) is 34.3 Å². The van der Waals surface area contributed by atoms with Crippen LogP contribution in [0.15, 0.2) is 77.1 Å². The zero-order valence-electron chi connectivity index (χ0n) is 19.2. The van der Waals surface area contributed by atoms with Crippen LogP contribution in [0.3, 0.4) is 0 Å². The second-order valence-corrected chi connectivity index (χ2v) is 9.29. The number of methoxy groups -OCH3 is 1. The maximum absolute atomic E-state index is 13.2. The minimum Gasteiger partial charge on any atom is -0.466 e. The predicted molar refractivity (Wildman–Crippen MR) is 133 cm³/mol. The van der Waals surface area contributed by atoms with Gasteiger partial charge >= 0.3 is 5.97 Å². The molecule has 0 spiro atoms. The molecule has 0 saturated carbocycles. The molecule has 3 heterocycles. The highest BCUT2D eigenvalue weighted by molar-refractivity contribution is 8.14. The van der Waals surface area contributed by atoms with Gasteiger partial charge in [-0.15, -0.1) is 0 Å². The smallest absolute Gasteiger partial charge is 0.338 e. The lowest BCUT2D eigenvalue weighted by Gasteiger charge is -2.38. The standard InChI is InChI=1S/C26H24N4O3S/c1-16-9-11-18(12-10-16)23-20(15-29(28-23)19-7-5-4-6-8-19)24-22(25(32)33-3)17(2)27-26-30(24)21(31)13-14-34-26/h4-12,15,24H,13-14H2,1-3H3/t24-/m1/s1. The van der Waals surface area contributed by atoms with Crippen molar-refractivity contribution in [3.8, 4) is 16.9 Å². The van der Waals surface area contributed by atoms with Gasteiger partial charge in [0.1, 0.15) is 6.04 Å². The van der Waals surface area contributed by atoms with E-state index in [9.17, 15) is 9.59 Å². The fourth-order valence-electron chi connectivity index (χ4n) is 4.30. The van der Waals surface area contributed by atoms with E-state index in [1.165, 1.54) is 18.9 Å². The molecule has 0 aliphatic carbocycles. The van der Waals surface area contributed by atoms with Gasteiger partial charge in [-0.1, -0.05) is 59.8 Å². The Bertz CT molecular complexity index is 1330. The van der Waals surface area contributed by atoms with Crippen molar-refractivity contribution in [2.24, 2.45) is 4.99 Å². The summed E-state index contributed by atoms with van der Waals surface area (Å²) in [6.07, 6.45) is 2.28. The third-order valence-corrected chi connectivity index (χ3v) is 6.95. The largest absolute Gasteiger partial charge is 0.466 e. The van der Waals surface area contributed by atoms with E-state index >= 15 is 0 Å². The number of hydrogen-bond acceptors (Lipinski definition) is 6. The van der Waals surface area contributed by atoms with Gasteiger partial charge in [-0.2, -0.15) is 5.10 Å². The van der Waals surface area contributed by atoms with Crippen LogP contribution < -0.4 is 0 Å². The Morgan fingerprint density at radius 3 is 2.53 bits per heavy atom. The fourth-order valence-corrected chi connectivity index (χ4v) is 5.30. The van der Waals surface area contributed by atoms with Gasteiger partial charge in [0.25, 0.3) is 0 Å². The second kappa shape index (κ2) is 8.95. The Hall–Kier alpha value is -3.65. The third-order valence-electron chi connectivity index (χ3n) is 5.99. The summed E-state index contributed by atoms with van der Waals surface area (Å²) in [5.74, 6) is 0.0882. The summed E-state index contributed by atoms with van der Waals surface area (Å²) < 4.78 is 6.93. The summed E-state index contributed by atoms with van der Waals surface area (Å²) in [5.41, 5.74) is 5.26. The van der Waals surface area contributed by atoms with E-state index in [1.807, 2.05) is 67.7 Å². The first kappa shape index (κ1) is 22.2. The summed E-state index contributed by atoms with van der Waals surface area (Å²) in [5, 5.41) is 5.53. The molecule has 1 amide bonds.